The molecule has 2 atom stereocenters. The summed E-state index contributed by atoms with van der Waals surface area (Å²) in [7, 11) is 0. The predicted molar refractivity (Wildman–Crippen MR) is 113 cm³/mol. The Morgan fingerprint density at radius 3 is 2.79 bits per heavy atom. The summed E-state index contributed by atoms with van der Waals surface area (Å²) >= 11 is 2.11. The first-order chi connectivity index (χ1) is 14.0. The normalized spacial score (nSPS) is 14.3. The van der Waals surface area contributed by atoms with Crippen LogP contribution in [0, 0.1) is 3.57 Å². The molecule has 0 unspecified atom stereocenters. The average Bonchev–Trinajstić information content (AvgIpc) is 3.16. The summed E-state index contributed by atoms with van der Waals surface area (Å²) in [5.41, 5.74) is 0.879. The number of ether oxygens (including phenoxy) is 4. The van der Waals surface area contributed by atoms with Crippen molar-refractivity contribution in [2.24, 2.45) is 0 Å². The van der Waals surface area contributed by atoms with E-state index in [1.54, 1.807) is 30.3 Å². The molecule has 8 nitrogen and oxygen atoms in total. The minimum absolute atomic E-state index is 0.0195. The summed E-state index contributed by atoms with van der Waals surface area (Å²) in [6.45, 7) is 2.15. The molecule has 3 N–H and O–H groups in total. The molecule has 156 valence electrons. The van der Waals surface area contributed by atoms with Crippen LogP contribution in [0.2, 0.25) is 0 Å². The van der Waals surface area contributed by atoms with Crippen LogP contribution in [0.4, 0.5) is 10.5 Å². The van der Waals surface area contributed by atoms with Crippen molar-refractivity contribution >= 4 is 34.4 Å². The lowest BCUT2D eigenvalue weighted by Gasteiger charge is -2.27. The molecule has 0 radical (unpaired) electrons. The number of rotatable bonds is 8. The molecule has 2 aromatic carbocycles. The Morgan fingerprint density at radius 1 is 1.24 bits per heavy atom. The van der Waals surface area contributed by atoms with E-state index >= 15 is 0 Å². The maximum atomic E-state index is 12.6. The van der Waals surface area contributed by atoms with Crippen LogP contribution >= 0.6 is 22.6 Å². The second-order valence-corrected chi connectivity index (χ2v) is 7.47. The van der Waals surface area contributed by atoms with Gasteiger partial charge in [-0.25, -0.2) is 4.79 Å². The minimum atomic E-state index is -0.911. The summed E-state index contributed by atoms with van der Waals surface area (Å²) in [6.07, 6.45) is -2.03. The molecule has 9 heteroatoms. The summed E-state index contributed by atoms with van der Waals surface area (Å²) < 4.78 is 22.8. The lowest BCUT2D eigenvalue weighted by atomic mass is 10.0. The van der Waals surface area contributed by atoms with Crippen molar-refractivity contribution in [1.29, 1.82) is 0 Å². The van der Waals surface area contributed by atoms with Gasteiger partial charge >= 0.3 is 6.09 Å². The first kappa shape index (κ1) is 21.5. The van der Waals surface area contributed by atoms with E-state index in [4.69, 9.17) is 18.9 Å². The molecule has 2 aromatic rings. The van der Waals surface area contributed by atoms with E-state index in [0.29, 0.717) is 29.4 Å². The van der Waals surface area contributed by atoms with E-state index in [9.17, 15) is 15.0 Å². The molecular formula is C20H22INO7. The zero-order chi connectivity index (χ0) is 20.8. The van der Waals surface area contributed by atoms with Crippen molar-refractivity contribution in [3.63, 3.8) is 0 Å². The van der Waals surface area contributed by atoms with Crippen molar-refractivity contribution in [1.82, 2.24) is 0 Å². The van der Waals surface area contributed by atoms with Crippen molar-refractivity contribution < 1.29 is 34.0 Å². The van der Waals surface area contributed by atoms with Crippen LogP contribution in [0.25, 0.3) is 0 Å². The quantitative estimate of drug-likeness (QED) is 0.460. The maximum Gasteiger partial charge on any atom is 0.412 e. The number of carbonyl (C=O) groups is 1. The molecule has 0 bridgehead atoms. The van der Waals surface area contributed by atoms with Crippen LogP contribution < -0.4 is 14.8 Å². The van der Waals surface area contributed by atoms with Gasteiger partial charge in [-0.15, -0.1) is 0 Å². The maximum absolute atomic E-state index is 12.6. The Hall–Kier alpha value is -2.24. The number of nitrogens with one attached hydrogen (secondary N) is 1. The Morgan fingerprint density at radius 2 is 2.03 bits per heavy atom. The molecule has 0 fully saturated rings. The number of amides is 1. The fourth-order valence-corrected chi connectivity index (χ4v) is 3.51. The predicted octanol–water partition coefficient (Wildman–Crippen LogP) is 3.80. The van der Waals surface area contributed by atoms with Gasteiger partial charge in [-0.2, -0.15) is 0 Å². The molecule has 0 aliphatic carbocycles. The SMILES string of the molecule is CCO[C@@H](CCO)[C@@H](OC(=O)Nc1ccc2c(c1)OCO2)c1cc(I)ccc1O. The average molecular weight is 515 g/mol. The number of hydrogen-bond acceptors (Lipinski definition) is 7. The van der Waals surface area contributed by atoms with E-state index in [2.05, 4.69) is 27.9 Å². The third kappa shape index (κ3) is 5.43. The van der Waals surface area contributed by atoms with Crippen molar-refractivity contribution in [3.05, 3.63) is 45.5 Å². The highest BCUT2D eigenvalue weighted by atomic mass is 127. The van der Waals surface area contributed by atoms with Gasteiger partial charge in [0.05, 0.1) is 0 Å². The lowest BCUT2D eigenvalue weighted by Crippen LogP contribution is -2.30. The largest absolute Gasteiger partial charge is 0.508 e. The molecule has 3 rings (SSSR count). The third-order valence-corrected chi connectivity index (χ3v) is 4.95. The number of anilines is 1. The zero-order valence-electron chi connectivity index (χ0n) is 15.8. The third-order valence-electron chi connectivity index (χ3n) is 4.28. The number of aliphatic hydroxyl groups excluding tert-OH is 1. The Balaban J connectivity index is 1.81. The molecule has 29 heavy (non-hydrogen) atoms. The fourth-order valence-electron chi connectivity index (χ4n) is 2.99. The number of aliphatic hydroxyl groups is 1. The van der Waals surface area contributed by atoms with Crippen LogP contribution in [0.5, 0.6) is 17.2 Å². The molecule has 1 heterocycles. The van der Waals surface area contributed by atoms with Gasteiger partial charge in [-0.05, 0) is 59.8 Å². The van der Waals surface area contributed by atoms with Crippen LogP contribution in [-0.2, 0) is 9.47 Å². The summed E-state index contributed by atoms with van der Waals surface area (Å²) in [5.74, 6) is 1.11. The second-order valence-electron chi connectivity index (χ2n) is 6.23. The lowest BCUT2D eigenvalue weighted by molar-refractivity contribution is -0.0491. The number of phenolic OH excluding ortho intramolecular Hbond substituents is 1. The summed E-state index contributed by atoms with van der Waals surface area (Å²) in [4.78, 5) is 12.6. The Kier molecular flexibility index (Phi) is 7.40. The van der Waals surface area contributed by atoms with Gasteiger partial charge in [-0.1, -0.05) is 0 Å². The Labute approximate surface area is 181 Å². The zero-order valence-corrected chi connectivity index (χ0v) is 17.9. The summed E-state index contributed by atoms with van der Waals surface area (Å²) in [5, 5.41) is 22.4. The molecule has 1 aliphatic heterocycles. The standard InChI is InChI=1S/C20H22INO7/c1-2-26-17(7-8-23)19(14-9-12(21)3-5-15(14)24)29-20(25)22-13-4-6-16-18(10-13)28-11-27-16/h3-6,9-10,17,19,23-24H,2,7-8,11H2,1H3,(H,22,25)/t17-,19-/m0/s1. The second kappa shape index (κ2) is 9.99. The van der Waals surface area contributed by atoms with E-state index in [-0.39, 0.29) is 25.6 Å². The van der Waals surface area contributed by atoms with Crippen molar-refractivity contribution in [2.75, 3.05) is 25.3 Å². The van der Waals surface area contributed by atoms with Gasteiger partial charge in [0, 0.05) is 40.5 Å². The molecule has 1 amide bonds. The van der Waals surface area contributed by atoms with Gasteiger partial charge in [0.15, 0.2) is 17.6 Å². The van der Waals surface area contributed by atoms with Crippen LogP contribution in [-0.4, -0.2) is 42.4 Å². The summed E-state index contributed by atoms with van der Waals surface area (Å²) in [6, 6.07) is 9.99. The molecule has 1 aliphatic rings. The number of aromatic hydroxyl groups is 1. The number of halogens is 1. The molecule has 0 spiro atoms. The number of fused-ring (bicyclic) bond motifs is 1. The van der Waals surface area contributed by atoms with Gasteiger partial charge < -0.3 is 29.2 Å². The van der Waals surface area contributed by atoms with Gasteiger partial charge in [-0.3, -0.25) is 5.32 Å². The highest BCUT2D eigenvalue weighted by molar-refractivity contribution is 14.1. The van der Waals surface area contributed by atoms with E-state index in [1.165, 1.54) is 6.07 Å². The topological polar surface area (TPSA) is 106 Å². The van der Waals surface area contributed by atoms with Crippen LogP contribution in [0.1, 0.15) is 25.0 Å². The molecular weight excluding hydrogens is 493 g/mol. The van der Waals surface area contributed by atoms with Gasteiger partial charge in [0.2, 0.25) is 6.79 Å². The minimum Gasteiger partial charge on any atom is -0.508 e. The van der Waals surface area contributed by atoms with Gasteiger partial charge in [0.25, 0.3) is 0 Å². The molecule has 0 aromatic heterocycles. The smallest absolute Gasteiger partial charge is 0.412 e. The highest BCUT2D eigenvalue weighted by Crippen LogP contribution is 2.36. The van der Waals surface area contributed by atoms with Crippen LogP contribution in [0.15, 0.2) is 36.4 Å². The first-order valence-corrected chi connectivity index (χ1v) is 10.2. The number of carbonyl (C=O) groups excluding carboxylic acids is 1. The van der Waals surface area contributed by atoms with Gasteiger partial charge in [0.1, 0.15) is 11.9 Å². The number of benzene rings is 2. The Bertz CT molecular complexity index is 855. The highest BCUT2D eigenvalue weighted by Gasteiger charge is 2.30. The van der Waals surface area contributed by atoms with E-state index in [1.807, 2.05) is 6.92 Å². The van der Waals surface area contributed by atoms with Crippen LogP contribution in [0.3, 0.4) is 0 Å². The van der Waals surface area contributed by atoms with Crippen molar-refractivity contribution in [2.45, 2.75) is 25.6 Å². The molecule has 0 saturated heterocycles. The fraction of sp³-hybridized carbons (Fsp3) is 0.350. The van der Waals surface area contributed by atoms with E-state index < -0.39 is 18.3 Å². The van der Waals surface area contributed by atoms with E-state index in [0.717, 1.165) is 3.57 Å². The van der Waals surface area contributed by atoms with Crippen molar-refractivity contribution in [3.8, 4) is 17.2 Å². The number of hydrogen-bond donors (Lipinski definition) is 3. The first-order valence-electron chi connectivity index (χ1n) is 9.10. The number of phenols is 1. The molecule has 0 saturated carbocycles. The monoisotopic (exact) mass is 515 g/mol.